The van der Waals surface area contributed by atoms with E-state index in [0.717, 1.165) is 13.9 Å². The summed E-state index contributed by atoms with van der Waals surface area (Å²) in [6.45, 7) is 1.85. The third-order valence-corrected chi connectivity index (χ3v) is 4.61. The molecule has 4 nitrogen and oxygen atoms in total. The standard InChI is InChI=1S/C16H10BrF2IN2O2/c1-8-6-9(20)2-3-11(8)21-16-12(22-5-4-13(23)24-22)7-10(17)14(18)15(16)19/h2-7,21H,1H3. The number of nitrogens with one attached hydrogen (secondary N) is 1. The molecule has 0 fully saturated rings. The number of nitrogens with zero attached hydrogens (tertiary/aromatic N) is 1. The Morgan fingerprint density at radius 3 is 2.58 bits per heavy atom. The summed E-state index contributed by atoms with van der Waals surface area (Å²) in [5.74, 6) is -2.10. The van der Waals surface area contributed by atoms with E-state index in [-0.39, 0.29) is 15.8 Å². The summed E-state index contributed by atoms with van der Waals surface area (Å²) in [6, 6.07) is 8.05. The molecule has 0 bridgehead atoms. The van der Waals surface area contributed by atoms with Gasteiger partial charge in [-0.2, -0.15) is 4.74 Å². The molecule has 0 aliphatic carbocycles. The second kappa shape index (κ2) is 6.67. The summed E-state index contributed by atoms with van der Waals surface area (Å²) in [6.07, 6.45) is 1.34. The summed E-state index contributed by atoms with van der Waals surface area (Å²) in [5.41, 5.74) is 0.934. The van der Waals surface area contributed by atoms with Crippen molar-refractivity contribution in [3.63, 3.8) is 0 Å². The molecule has 1 heterocycles. The van der Waals surface area contributed by atoms with Gasteiger partial charge in [0.05, 0.1) is 10.7 Å². The van der Waals surface area contributed by atoms with Gasteiger partial charge >= 0.3 is 5.63 Å². The maximum Gasteiger partial charge on any atom is 0.358 e. The van der Waals surface area contributed by atoms with Crippen molar-refractivity contribution in [2.75, 3.05) is 5.32 Å². The number of hydrogen-bond acceptors (Lipinski definition) is 3. The molecule has 24 heavy (non-hydrogen) atoms. The predicted molar refractivity (Wildman–Crippen MR) is 99.1 cm³/mol. The van der Waals surface area contributed by atoms with Gasteiger partial charge in [0, 0.05) is 15.3 Å². The largest absolute Gasteiger partial charge is 0.358 e. The van der Waals surface area contributed by atoms with Crippen molar-refractivity contribution in [2.24, 2.45) is 0 Å². The Kier molecular flexibility index (Phi) is 4.77. The lowest BCUT2D eigenvalue weighted by molar-refractivity contribution is 0.323. The Balaban J connectivity index is 2.18. The zero-order valence-corrected chi connectivity index (χ0v) is 16.0. The van der Waals surface area contributed by atoms with Crippen molar-refractivity contribution in [3.05, 3.63) is 72.2 Å². The van der Waals surface area contributed by atoms with Gasteiger partial charge in [-0.1, -0.05) is 0 Å². The highest BCUT2D eigenvalue weighted by atomic mass is 127. The van der Waals surface area contributed by atoms with E-state index in [1.165, 1.54) is 18.3 Å². The van der Waals surface area contributed by atoms with Crippen LogP contribution < -0.4 is 10.9 Å². The second-order valence-corrected chi connectivity index (χ2v) is 7.12. The minimum Gasteiger partial charge on any atom is -0.351 e. The van der Waals surface area contributed by atoms with E-state index in [4.69, 9.17) is 4.52 Å². The van der Waals surface area contributed by atoms with E-state index in [0.29, 0.717) is 5.69 Å². The number of aryl methyl sites for hydroxylation is 1. The van der Waals surface area contributed by atoms with Crippen molar-refractivity contribution in [2.45, 2.75) is 6.92 Å². The molecule has 0 saturated heterocycles. The first-order valence-corrected chi connectivity index (χ1v) is 8.64. The minimum absolute atomic E-state index is 0.0729. The number of hydrogen-bond donors (Lipinski definition) is 1. The van der Waals surface area contributed by atoms with E-state index in [1.807, 2.05) is 19.1 Å². The zero-order chi connectivity index (χ0) is 17.4. The van der Waals surface area contributed by atoms with Crippen LogP contribution in [0.2, 0.25) is 0 Å². The summed E-state index contributed by atoms with van der Waals surface area (Å²) >= 11 is 5.13. The van der Waals surface area contributed by atoms with Crippen molar-refractivity contribution >= 4 is 49.9 Å². The average Bonchev–Trinajstić information content (AvgIpc) is 2.96. The van der Waals surface area contributed by atoms with Gasteiger partial charge in [-0.15, -0.1) is 0 Å². The number of rotatable bonds is 3. The maximum atomic E-state index is 14.5. The molecule has 2 aromatic carbocycles. The summed E-state index contributed by atoms with van der Waals surface area (Å²) in [5, 5.41) is 2.89. The molecular formula is C16H10BrF2IN2O2. The molecule has 0 spiro atoms. The third kappa shape index (κ3) is 3.25. The number of halogens is 4. The first kappa shape index (κ1) is 17.2. The molecule has 0 unspecified atom stereocenters. The monoisotopic (exact) mass is 506 g/mol. The number of benzene rings is 2. The van der Waals surface area contributed by atoms with Crippen molar-refractivity contribution in [3.8, 4) is 5.69 Å². The van der Waals surface area contributed by atoms with Crippen molar-refractivity contribution < 1.29 is 13.3 Å². The number of aromatic nitrogens is 1. The van der Waals surface area contributed by atoms with Crippen LogP contribution in [0.5, 0.6) is 0 Å². The Labute approximate surface area is 157 Å². The van der Waals surface area contributed by atoms with Crippen LogP contribution in [0.3, 0.4) is 0 Å². The van der Waals surface area contributed by atoms with E-state index >= 15 is 0 Å². The van der Waals surface area contributed by atoms with Crippen LogP contribution in [0.4, 0.5) is 20.2 Å². The quantitative estimate of drug-likeness (QED) is 0.396. The fourth-order valence-corrected chi connectivity index (χ4v) is 3.23. The summed E-state index contributed by atoms with van der Waals surface area (Å²) in [4.78, 5) is 11.3. The van der Waals surface area contributed by atoms with Gasteiger partial charge in [0.2, 0.25) is 0 Å². The third-order valence-electron chi connectivity index (χ3n) is 3.36. The minimum atomic E-state index is -1.08. The Bertz CT molecular complexity index is 985. The van der Waals surface area contributed by atoms with E-state index in [9.17, 15) is 13.6 Å². The van der Waals surface area contributed by atoms with Gasteiger partial charge in [0.1, 0.15) is 11.4 Å². The molecule has 3 rings (SSSR count). The molecule has 0 radical (unpaired) electrons. The van der Waals surface area contributed by atoms with Crippen LogP contribution in [0.25, 0.3) is 5.69 Å². The Morgan fingerprint density at radius 1 is 1.21 bits per heavy atom. The van der Waals surface area contributed by atoms with Crippen LogP contribution in [0, 0.1) is 22.1 Å². The highest BCUT2D eigenvalue weighted by Crippen LogP contribution is 2.34. The lowest BCUT2D eigenvalue weighted by Gasteiger charge is -2.16. The molecule has 0 atom stereocenters. The maximum absolute atomic E-state index is 14.5. The van der Waals surface area contributed by atoms with Crippen LogP contribution in [-0.2, 0) is 0 Å². The molecule has 0 aliphatic heterocycles. The molecule has 1 aromatic heterocycles. The highest BCUT2D eigenvalue weighted by molar-refractivity contribution is 14.1. The second-order valence-electron chi connectivity index (χ2n) is 5.02. The van der Waals surface area contributed by atoms with Gasteiger partial charge in [-0.3, -0.25) is 0 Å². The molecule has 0 saturated carbocycles. The van der Waals surface area contributed by atoms with Crippen LogP contribution in [-0.4, -0.2) is 4.74 Å². The van der Waals surface area contributed by atoms with E-state index in [2.05, 4.69) is 43.8 Å². The normalized spacial score (nSPS) is 10.9. The smallest absolute Gasteiger partial charge is 0.351 e. The van der Waals surface area contributed by atoms with Crippen LogP contribution >= 0.6 is 38.5 Å². The van der Waals surface area contributed by atoms with Crippen LogP contribution in [0.1, 0.15) is 5.56 Å². The van der Waals surface area contributed by atoms with Gasteiger partial charge in [-0.05, 0) is 75.3 Å². The van der Waals surface area contributed by atoms with Gasteiger partial charge in [0.15, 0.2) is 11.6 Å². The summed E-state index contributed by atoms with van der Waals surface area (Å²) in [7, 11) is 0. The predicted octanol–water partition coefficient (Wildman–Crippen LogP) is 5.13. The lowest BCUT2D eigenvalue weighted by atomic mass is 10.1. The first-order valence-electron chi connectivity index (χ1n) is 6.77. The highest BCUT2D eigenvalue weighted by Gasteiger charge is 2.20. The van der Waals surface area contributed by atoms with E-state index < -0.39 is 17.3 Å². The molecule has 8 heteroatoms. The number of anilines is 2. The Morgan fingerprint density at radius 2 is 1.96 bits per heavy atom. The fourth-order valence-electron chi connectivity index (χ4n) is 2.19. The summed E-state index contributed by atoms with van der Waals surface area (Å²) < 4.78 is 35.5. The van der Waals surface area contributed by atoms with Gasteiger partial charge in [0.25, 0.3) is 0 Å². The first-order chi connectivity index (χ1) is 11.4. The SMILES string of the molecule is Cc1cc(I)ccc1Nc1c(-n2ccc(=O)o2)cc(Br)c(F)c1F. The molecule has 124 valence electrons. The molecule has 0 aliphatic rings. The molecule has 1 N–H and O–H groups in total. The zero-order valence-electron chi connectivity index (χ0n) is 12.2. The molecule has 3 aromatic rings. The van der Waals surface area contributed by atoms with Gasteiger partial charge in [-0.25, -0.2) is 13.6 Å². The topological polar surface area (TPSA) is 47.2 Å². The van der Waals surface area contributed by atoms with Gasteiger partial charge < -0.3 is 9.84 Å². The average molecular weight is 507 g/mol. The van der Waals surface area contributed by atoms with Crippen molar-refractivity contribution in [1.29, 1.82) is 0 Å². The molecular weight excluding hydrogens is 497 g/mol. The Hall–Kier alpha value is -1.68. The van der Waals surface area contributed by atoms with E-state index in [1.54, 1.807) is 6.07 Å². The lowest BCUT2D eigenvalue weighted by Crippen LogP contribution is -2.06. The van der Waals surface area contributed by atoms with Crippen LogP contribution in [0.15, 0.2) is 50.3 Å². The molecule has 0 amide bonds. The fraction of sp³-hybridized carbons (Fsp3) is 0.0625. The van der Waals surface area contributed by atoms with Crippen molar-refractivity contribution in [1.82, 2.24) is 4.74 Å².